The molecule has 0 radical (unpaired) electrons. The highest BCUT2D eigenvalue weighted by Crippen LogP contribution is 2.32. The Morgan fingerprint density at radius 1 is 0.853 bits per heavy atom. The Kier molecular flexibility index (Phi) is 6.20. The topological polar surface area (TPSA) is 87.0 Å². The minimum absolute atomic E-state index is 0.0245. The van der Waals surface area contributed by atoms with Crippen LogP contribution in [-0.4, -0.2) is 35.9 Å². The van der Waals surface area contributed by atoms with E-state index in [9.17, 15) is 19.7 Å². The molecular weight excluding hydrogens is 452 g/mol. The molecule has 1 fully saturated rings. The van der Waals surface area contributed by atoms with Crippen molar-refractivity contribution < 1.29 is 14.5 Å². The SMILES string of the molecule is CN(C)c1ccc([N+](=O)[O-])cc1C=C1C(=O)N(c2ccccc2)C(=S)N(c2ccccc2)C1=O. The molecule has 4 rings (SSSR count). The van der Waals surface area contributed by atoms with Gasteiger partial charge in [0.1, 0.15) is 5.57 Å². The molecule has 8 nitrogen and oxygen atoms in total. The molecule has 9 heteroatoms. The number of nitrogens with zero attached hydrogens (tertiary/aromatic N) is 4. The lowest BCUT2D eigenvalue weighted by Crippen LogP contribution is -2.56. The molecule has 34 heavy (non-hydrogen) atoms. The summed E-state index contributed by atoms with van der Waals surface area (Å²) >= 11 is 5.59. The molecule has 3 aromatic carbocycles. The molecule has 1 heterocycles. The van der Waals surface area contributed by atoms with Crippen molar-refractivity contribution in [2.24, 2.45) is 0 Å². The van der Waals surface area contributed by atoms with E-state index in [0.29, 0.717) is 22.6 Å². The van der Waals surface area contributed by atoms with Gasteiger partial charge >= 0.3 is 0 Å². The Labute approximate surface area is 201 Å². The number of carbonyl (C=O) groups excluding carboxylic acids is 2. The van der Waals surface area contributed by atoms with Crippen LogP contribution in [0.3, 0.4) is 0 Å². The minimum atomic E-state index is -0.607. The quantitative estimate of drug-likeness (QED) is 0.180. The van der Waals surface area contributed by atoms with E-state index in [1.807, 2.05) is 12.1 Å². The highest BCUT2D eigenvalue weighted by atomic mass is 32.1. The second-order valence-electron chi connectivity index (χ2n) is 7.69. The van der Waals surface area contributed by atoms with Crippen LogP contribution in [0.15, 0.2) is 84.4 Å². The molecule has 170 valence electrons. The molecule has 0 unspecified atom stereocenters. The molecule has 0 bridgehead atoms. The van der Waals surface area contributed by atoms with Gasteiger partial charge in [0.15, 0.2) is 5.11 Å². The van der Waals surface area contributed by atoms with Crippen LogP contribution in [-0.2, 0) is 9.59 Å². The van der Waals surface area contributed by atoms with Crippen LogP contribution in [0.2, 0.25) is 0 Å². The molecule has 0 spiro atoms. The zero-order valence-corrected chi connectivity index (χ0v) is 19.2. The van der Waals surface area contributed by atoms with Gasteiger partial charge < -0.3 is 4.90 Å². The molecule has 0 aromatic heterocycles. The number of hydrogen-bond acceptors (Lipinski definition) is 6. The van der Waals surface area contributed by atoms with Crippen molar-refractivity contribution in [3.05, 3.63) is 100 Å². The Morgan fingerprint density at radius 2 is 1.35 bits per heavy atom. The second kappa shape index (κ2) is 9.24. The monoisotopic (exact) mass is 472 g/mol. The van der Waals surface area contributed by atoms with E-state index in [0.717, 1.165) is 0 Å². The summed E-state index contributed by atoms with van der Waals surface area (Å²) in [5.74, 6) is -1.21. The van der Waals surface area contributed by atoms with E-state index < -0.39 is 16.7 Å². The smallest absolute Gasteiger partial charge is 0.270 e. The van der Waals surface area contributed by atoms with E-state index in [1.165, 1.54) is 28.0 Å². The summed E-state index contributed by atoms with van der Waals surface area (Å²) in [6.45, 7) is 0. The first-order valence-corrected chi connectivity index (χ1v) is 10.7. The third-order valence-electron chi connectivity index (χ3n) is 5.28. The average molecular weight is 473 g/mol. The first-order chi connectivity index (χ1) is 16.3. The predicted octanol–water partition coefficient (Wildman–Crippen LogP) is 4.41. The van der Waals surface area contributed by atoms with Crippen molar-refractivity contribution in [3.63, 3.8) is 0 Å². The molecule has 3 aromatic rings. The van der Waals surface area contributed by atoms with Crippen LogP contribution in [0, 0.1) is 10.1 Å². The van der Waals surface area contributed by atoms with Crippen LogP contribution in [0.1, 0.15) is 5.56 Å². The van der Waals surface area contributed by atoms with Gasteiger partial charge in [-0.15, -0.1) is 0 Å². The number of para-hydroxylation sites is 2. The number of nitro benzene ring substituents is 1. The van der Waals surface area contributed by atoms with Gasteiger partial charge in [0, 0.05) is 37.5 Å². The van der Waals surface area contributed by atoms with E-state index in [1.54, 1.807) is 73.6 Å². The molecule has 0 N–H and O–H groups in total. The molecule has 0 saturated carbocycles. The molecule has 0 aliphatic carbocycles. The number of thiocarbonyl (C=S) groups is 1. The molecule has 2 amide bonds. The molecular formula is C25H20N4O4S. The maximum atomic E-state index is 13.6. The molecule has 0 atom stereocenters. The van der Waals surface area contributed by atoms with Crippen LogP contribution in [0.5, 0.6) is 0 Å². The zero-order chi connectivity index (χ0) is 24.4. The van der Waals surface area contributed by atoms with Crippen LogP contribution < -0.4 is 14.7 Å². The lowest BCUT2D eigenvalue weighted by atomic mass is 10.0. The molecule has 1 aliphatic heterocycles. The lowest BCUT2D eigenvalue weighted by Gasteiger charge is -2.36. The van der Waals surface area contributed by atoms with Crippen LogP contribution in [0.4, 0.5) is 22.7 Å². The fourth-order valence-corrected chi connectivity index (χ4v) is 4.05. The van der Waals surface area contributed by atoms with E-state index in [4.69, 9.17) is 12.2 Å². The van der Waals surface area contributed by atoms with Crippen molar-refractivity contribution in [2.45, 2.75) is 0 Å². The van der Waals surface area contributed by atoms with Crippen molar-refractivity contribution in [2.75, 3.05) is 28.8 Å². The maximum Gasteiger partial charge on any atom is 0.270 e. The second-order valence-corrected chi connectivity index (χ2v) is 8.05. The minimum Gasteiger partial charge on any atom is -0.377 e. The van der Waals surface area contributed by atoms with Gasteiger partial charge in [0.25, 0.3) is 17.5 Å². The van der Waals surface area contributed by atoms with Gasteiger partial charge in [-0.25, -0.2) is 0 Å². The highest BCUT2D eigenvalue weighted by Gasteiger charge is 2.41. The standard InChI is InChI=1S/C25H20N4O4S/c1-26(2)22-14-13-20(29(32)33)15-17(22)16-21-23(30)27(18-9-5-3-6-10-18)25(34)28(24(21)31)19-11-7-4-8-12-19/h3-16H,1-2H3. The van der Waals surface area contributed by atoms with Gasteiger partial charge in [0.2, 0.25) is 0 Å². The highest BCUT2D eigenvalue weighted by molar-refractivity contribution is 7.81. The number of benzene rings is 3. The number of nitro groups is 1. The third-order valence-corrected chi connectivity index (χ3v) is 5.65. The van der Waals surface area contributed by atoms with Crippen molar-refractivity contribution in [3.8, 4) is 0 Å². The Hall–Kier alpha value is -4.37. The molecule has 1 aliphatic rings. The normalized spacial score (nSPS) is 13.8. The average Bonchev–Trinajstić information content (AvgIpc) is 2.83. The first kappa shape index (κ1) is 22.8. The fourth-order valence-electron chi connectivity index (χ4n) is 3.67. The van der Waals surface area contributed by atoms with Gasteiger partial charge in [-0.2, -0.15) is 0 Å². The van der Waals surface area contributed by atoms with Gasteiger partial charge in [-0.1, -0.05) is 36.4 Å². The van der Waals surface area contributed by atoms with Gasteiger partial charge in [-0.05, 0) is 48.6 Å². The predicted molar refractivity (Wildman–Crippen MR) is 136 cm³/mol. The molecule has 1 saturated heterocycles. The van der Waals surface area contributed by atoms with E-state index in [-0.39, 0.29) is 16.4 Å². The fraction of sp³-hybridized carbons (Fsp3) is 0.0800. The maximum absolute atomic E-state index is 13.6. The number of carbonyl (C=O) groups is 2. The number of hydrogen-bond donors (Lipinski definition) is 0. The van der Waals surface area contributed by atoms with E-state index in [2.05, 4.69) is 0 Å². The summed E-state index contributed by atoms with van der Waals surface area (Å²) < 4.78 is 0. The summed E-state index contributed by atoms with van der Waals surface area (Å²) in [6.07, 6.45) is 1.39. The third kappa shape index (κ3) is 4.16. The number of anilines is 3. The number of amides is 2. The number of non-ortho nitro benzene ring substituents is 1. The van der Waals surface area contributed by atoms with Crippen molar-refractivity contribution in [1.29, 1.82) is 0 Å². The lowest BCUT2D eigenvalue weighted by molar-refractivity contribution is -0.384. The zero-order valence-electron chi connectivity index (χ0n) is 18.4. The van der Waals surface area contributed by atoms with Crippen molar-refractivity contribution in [1.82, 2.24) is 0 Å². The van der Waals surface area contributed by atoms with Gasteiger partial charge in [-0.3, -0.25) is 29.5 Å². The summed E-state index contributed by atoms with van der Waals surface area (Å²) in [5, 5.41) is 11.4. The van der Waals surface area contributed by atoms with Crippen molar-refractivity contribution >= 4 is 58.0 Å². The Bertz CT molecular complexity index is 1260. The summed E-state index contributed by atoms with van der Waals surface area (Å²) in [4.78, 5) is 42.4. The summed E-state index contributed by atoms with van der Waals surface area (Å²) in [6, 6.07) is 21.9. The van der Waals surface area contributed by atoms with Crippen LogP contribution in [0.25, 0.3) is 6.08 Å². The Morgan fingerprint density at radius 3 is 1.79 bits per heavy atom. The Balaban J connectivity index is 1.93. The van der Waals surface area contributed by atoms with Crippen LogP contribution >= 0.6 is 12.2 Å². The van der Waals surface area contributed by atoms with Gasteiger partial charge in [0.05, 0.1) is 16.3 Å². The van der Waals surface area contributed by atoms with E-state index >= 15 is 0 Å². The number of rotatable bonds is 5. The summed E-state index contributed by atoms with van der Waals surface area (Å²) in [5.41, 5.74) is 1.68. The largest absolute Gasteiger partial charge is 0.377 e. The summed E-state index contributed by atoms with van der Waals surface area (Å²) in [7, 11) is 3.55. The first-order valence-electron chi connectivity index (χ1n) is 10.3.